The van der Waals surface area contributed by atoms with E-state index in [9.17, 15) is 14.4 Å². The largest absolute Gasteiger partial charge is 0.300 e. The maximum absolute atomic E-state index is 12.8. The molecule has 0 aliphatic carbocycles. The number of hydrogen-bond donors (Lipinski definition) is 1. The Morgan fingerprint density at radius 1 is 1.20 bits per heavy atom. The summed E-state index contributed by atoms with van der Waals surface area (Å²) in [6.45, 7) is 5.74. The molecule has 0 fully saturated rings. The topological polar surface area (TPSA) is 79.4 Å². The molecule has 0 radical (unpaired) electrons. The Labute approximate surface area is 149 Å². The maximum atomic E-state index is 12.8. The van der Waals surface area contributed by atoms with Gasteiger partial charge in [-0.15, -0.1) is 11.3 Å². The van der Waals surface area contributed by atoms with Crippen molar-refractivity contribution in [1.82, 2.24) is 9.88 Å². The van der Waals surface area contributed by atoms with Crippen LogP contribution in [0.4, 0.5) is 5.13 Å². The number of nitrogens with zero attached hydrogens (tertiary/aromatic N) is 2. The van der Waals surface area contributed by atoms with Crippen molar-refractivity contribution in [2.75, 3.05) is 5.32 Å². The highest BCUT2D eigenvalue weighted by atomic mass is 32.1. The molecule has 1 aromatic carbocycles. The summed E-state index contributed by atoms with van der Waals surface area (Å²) < 4.78 is 0. The van der Waals surface area contributed by atoms with Crippen molar-refractivity contribution in [3.63, 3.8) is 0 Å². The maximum Gasteiger partial charge on any atom is 0.262 e. The van der Waals surface area contributed by atoms with Crippen molar-refractivity contribution in [2.45, 2.75) is 33.2 Å². The molecule has 25 heavy (non-hydrogen) atoms. The summed E-state index contributed by atoms with van der Waals surface area (Å²) >= 11 is 1.31. The average molecular weight is 357 g/mol. The quantitative estimate of drug-likeness (QED) is 0.834. The molecule has 1 aromatic heterocycles. The molecule has 0 saturated heterocycles. The van der Waals surface area contributed by atoms with Gasteiger partial charge in [0, 0.05) is 5.38 Å². The highest BCUT2D eigenvalue weighted by Gasteiger charge is 2.42. The van der Waals surface area contributed by atoms with E-state index in [0.29, 0.717) is 22.7 Å². The number of rotatable bonds is 5. The SMILES string of the molecule is Cc1csc(NC(=O)[C@H](CC(C)C)N2C(=O)c3ccccc3C2=O)n1. The van der Waals surface area contributed by atoms with Crippen molar-refractivity contribution in [3.05, 3.63) is 46.5 Å². The Morgan fingerprint density at radius 3 is 2.28 bits per heavy atom. The van der Waals surface area contributed by atoms with E-state index in [-0.39, 0.29) is 5.92 Å². The molecule has 130 valence electrons. The zero-order valence-corrected chi connectivity index (χ0v) is 15.1. The van der Waals surface area contributed by atoms with Crippen LogP contribution in [-0.2, 0) is 4.79 Å². The summed E-state index contributed by atoms with van der Waals surface area (Å²) in [6, 6.07) is 5.79. The fourth-order valence-electron chi connectivity index (χ4n) is 2.87. The second kappa shape index (κ2) is 6.76. The lowest BCUT2D eigenvalue weighted by Crippen LogP contribution is -2.47. The monoisotopic (exact) mass is 357 g/mol. The molecular formula is C18H19N3O3S. The van der Waals surface area contributed by atoms with E-state index < -0.39 is 23.8 Å². The van der Waals surface area contributed by atoms with E-state index in [1.807, 2.05) is 26.2 Å². The van der Waals surface area contributed by atoms with Gasteiger partial charge in [0.1, 0.15) is 6.04 Å². The lowest BCUT2D eigenvalue weighted by atomic mass is 10.0. The Hall–Kier alpha value is -2.54. The molecule has 2 aromatic rings. The van der Waals surface area contributed by atoms with Gasteiger partial charge in [0.2, 0.25) is 5.91 Å². The van der Waals surface area contributed by atoms with Gasteiger partial charge in [-0.2, -0.15) is 0 Å². The molecular weight excluding hydrogens is 338 g/mol. The van der Waals surface area contributed by atoms with Crippen LogP contribution < -0.4 is 5.32 Å². The second-order valence-electron chi connectivity index (χ2n) is 6.45. The minimum absolute atomic E-state index is 0.137. The van der Waals surface area contributed by atoms with Crippen LogP contribution in [0.25, 0.3) is 0 Å². The summed E-state index contributed by atoms with van der Waals surface area (Å²) in [5.41, 5.74) is 1.50. The summed E-state index contributed by atoms with van der Waals surface area (Å²) in [7, 11) is 0. The van der Waals surface area contributed by atoms with Crippen molar-refractivity contribution >= 4 is 34.2 Å². The predicted molar refractivity (Wildman–Crippen MR) is 95.7 cm³/mol. The Bertz CT molecular complexity index is 809. The lowest BCUT2D eigenvalue weighted by Gasteiger charge is -2.26. The third kappa shape index (κ3) is 3.32. The van der Waals surface area contributed by atoms with Crippen molar-refractivity contribution in [1.29, 1.82) is 0 Å². The summed E-state index contributed by atoms with van der Waals surface area (Å²) in [5.74, 6) is -1.09. The van der Waals surface area contributed by atoms with Crippen LogP contribution in [0.5, 0.6) is 0 Å². The van der Waals surface area contributed by atoms with Gasteiger partial charge in [0.15, 0.2) is 5.13 Å². The van der Waals surface area contributed by atoms with E-state index in [0.717, 1.165) is 10.6 Å². The fourth-order valence-corrected chi connectivity index (χ4v) is 3.56. The van der Waals surface area contributed by atoms with Gasteiger partial charge in [0.25, 0.3) is 11.8 Å². The minimum Gasteiger partial charge on any atom is -0.300 e. The van der Waals surface area contributed by atoms with E-state index in [1.54, 1.807) is 24.3 Å². The van der Waals surface area contributed by atoms with Crippen molar-refractivity contribution in [2.24, 2.45) is 5.92 Å². The summed E-state index contributed by atoms with van der Waals surface area (Å²) in [5, 5.41) is 5.03. The standard InChI is InChI=1S/C18H19N3O3S/c1-10(2)8-14(15(22)20-18-19-11(3)9-25-18)21-16(23)12-6-4-5-7-13(12)17(21)24/h4-7,9-10,14H,8H2,1-3H3,(H,19,20,22)/t14-/m0/s1. The smallest absolute Gasteiger partial charge is 0.262 e. The first-order valence-electron chi connectivity index (χ1n) is 8.08. The third-order valence-corrected chi connectivity index (χ3v) is 4.86. The first-order chi connectivity index (χ1) is 11.9. The average Bonchev–Trinajstić information content (AvgIpc) is 3.08. The van der Waals surface area contributed by atoms with E-state index in [1.165, 1.54) is 11.3 Å². The number of hydrogen-bond acceptors (Lipinski definition) is 5. The Balaban J connectivity index is 1.90. The van der Waals surface area contributed by atoms with Crippen molar-refractivity contribution in [3.8, 4) is 0 Å². The molecule has 3 rings (SSSR count). The number of fused-ring (bicyclic) bond motifs is 1. The molecule has 1 atom stereocenters. The van der Waals surface area contributed by atoms with E-state index >= 15 is 0 Å². The zero-order chi connectivity index (χ0) is 18.1. The van der Waals surface area contributed by atoms with Gasteiger partial charge in [-0.05, 0) is 31.4 Å². The third-order valence-electron chi connectivity index (χ3n) is 3.98. The number of carbonyl (C=O) groups is 3. The van der Waals surface area contributed by atoms with Crippen LogP contribution in [-0.4, -0.2) is 33.6 Å². The van der Waals surface area contributed by atoms with Crippen molar-refractivity contribution < 1.29 is 14.4 Å². The van der Waals surface area contributed by atoms with Crippen LogP contribution in [0.15, 0.2) is 29.6 Å². The number of nitrogens with one attached hydrogen (secondary N) is 1. The number of benzene rings is 1. The van der Waals surface area contributed by atoms with Gasteiger partial charge < -0.3 is 5.32 Å². The molecule has 0 spiro atoms. The van der Waals surface area contributed by atoms with Crippen LogP contribution in [0.2, 0.25) is 0 Å². The fraction of sp³-hybridized carbons (Fsp3) is 0.333. The van der Waals surface area contributed by atoms with Crippen LogP contribution in [0, 0.1) is 12.8 Å². The number of imide groups is 1. The molecule has 1 N–H and O–H groups in total. The number of aromatic nitrogens is 1. The molecule has 3 amide bonds. The number of amides is 3. The summed E-state index contributed by atoms with van der Waals surface area (Å²) in [4.78, 5) is 43.5. The summed E-state index contributed by atoms with van der Waals surface area (Å²) in [6.07, 6.45) is 0.391. The normalized spacial score (nSPS) is 14.8. The second-order valence-corrected chi connectivity index (χ2v) is 7.31. The predicted octanol–water partition coefficient (Wildman–Crippen LogP) is 3.10. The molecule has 0 unspecified atom stereocenters. The van der Waals surface area contributed by atoms with Gasteiger partial charge in [-0.25, -0.2) is 4.98 Å². The number of thiazole rings is 1. The number of aryl methyl sites for hydroxylation is 1. The van der Waals surface area contributed by atoms with Gasteiger partial charge >= 0.3 is 0 Å². The van der Waals surface area contributed by atoms with E-state index in [4.69, 9.17) is 0 Å². The number of carbonyl (C=O) groups excluding carboxylic acids is 3. The molecule has 6 nitrogen and oxygen atoms in total. The molecule has 1 aliphatic rings. The lowest BCUT2D eigenvalue weighted by molar-refractivity contribution is -0.120. The molecule has 7 heteroatoms. The van der Waals surface area contributed by atoms with Gasteiger partial charge in [-0.3, -0.25) is 19.3 Å². The molecule has 0 bridgehead atoms. The Kier molecular flexibility index (Phi) is 4.67. The van der Waals surface area contributed by atoms with E-state index in [2.05, 4.69) is 10.3 Å². The molecule has 0 saturated carbocycles. The number of anilines is 1. The van der Waals surface area contributed by atoms with Crippen LogP contribution in [0.3, 0.4) is 0 Å². The van der Waals surface area contributed by atoms with Gasteiger partial charge in [-0.1, -0.05) is 26.0 Å². The van der Waals surface area contributed by atoms with Crippen LogP contribution in [0.1, 0.15) is 46.7 Å². The Morgan fingerprint density at radius 2 is 1.80 bits per heavy atom. The molecule has 2 heterocycles. The van der Waals surface area contributed by atoms with Gasteiger partial charge in [0.05, 0.1) is 16.8 Å². The first kappa shape index (κ1) is 17.3. The minimum atomic E-state index is -0.864. The highest BCUT2D eigenvalue weighted by Crippen LogP contribution is 2.27. The first-order valence-corrected chi connectivity index (χ1v) is 8.96. The zero-order valence-electron chi connectivity index (χ0n) is 14.3. The van der Waals surface area contributed by atoms with Crippen LogP contribution >= 0.6 is 11.3 Å². The molecule has 1 aliphatic heterocycles. The highest BCUT2D eigenvalue weighted by molar-refractivity contribution is 7.13.